The van der Waals surface area contributed by atoms with Gasteiger partial charge in [0.25, 0.3) is 0 Å². The quantitative estimate of drug-likeness (QED) is 0.580. The topological polar surface area (TPSA) is 79.0 Å². The number of hydrogen-bond acceptors (Lipinski definition) is 3. The van der Waals surface area contributed by atoms with Gasteiger partial charge in [0.2, 0.25) is 5.91 Å². The lowest BCUT2D eigenvalue weighted by Gasteiger charge is -2.17. The van der Waals surface area contributed by atoms with Gasteiger partial charge in [-0.2, -0.15) is 0 Å². The molecule has 1 atom stereocenters. The maximum absolute atomic E-state index is 12.8. The highest BCUT2D eigenvalue weighted by atomic mass is 16.1. The summed E-state index contributed by atoms with van der Waals surface area (Å²) in [6, 6.07) is 15.2. The molecule has 0 spiro atoms. The summed E-state index contributed by atoms with van der Waals surface area (Å²) in [7, 11) is 0. The first-order chi connectivity index (χ1) is 11.1. The first-order valence-corrected chi connectivity index (χ1v) is 7.87. The maximum atomic E-state index is 12.8. The van der Waals surface area contributed by atoms with E-state index in [0.29, 0.717) is 28.6 Å². The minimum atomic E-state index is -0.113. The number of nitrogen functional groups attached to an aromatic ring is 1. The van der Waals surface area contributed by atoms with Gasteiger partial charge in [-0.25, -0.2) is 0 Å². The SMILES string of the molecule is CC(=N)c1cc(NC(=O)C(c2ccccc2)C2CC2)ccc1N. The number of rotatable bonds is 5. The second-order valence-electron chi connectivity index (χ2n) is 6.14. The molecule has 1 amide bonds. The fourth-order valence-corrected chi connectivity index (χ4v) is 2.91. The molecule has 0 aliphatic heterocycles. The third-order valence-electron chi connectivity index (χ3n) is 4.26. The molecule has 0 aromatic heterocycles. The molecule has 3 rings (SSSR count). The molecule has 118 valence electrons. The Morgan fingerprint density at radius 2 is 1.91 bits per heavy atom. The molecule has 1 saturated carbocycles. The van der Waals surface area contributed by atoms with Gasteiger partial charge in [-0.15, -0.1) is 0 Å². The molecule has 1 aliphatic carbocycles. The van der Waals surface area contributed by atoms with Crippen molar-refractivity contribution in [3.63, 3.8) is 0 Å². The average molecular weight is 307 g/mol. The average Bonchev–Trinajstić information content (AvgIpc) is 3.35. The van der Waals surface area contributed by atoms with Gasteiger partial charge in [-0.05, 0) is 49.4 Å². The highest BCUT2D eigenvalue weighted by Crippen LogP contribution is 2.43. The summed E-state index contributed by atoms with van der Waals surface area (Å²) in [6.45, 7) is 1.69. The van der Waals surface area contributed by atoms with Gasteiger partial charge >= 0.3 is 0 Å². The molecule has 4 N–H and O–H groups in total. The van der Waals surface area contributed by atoms with Crippen molar-refractivity contribution in [3.8, 4) is 0 Å². The lowest BCUT2D eigenvalue weighted by molar-refractivity contribution is -0.118. The standard InChI is InChI=1S/C19H21N3O/c1-12(20)16-11-15(9-10-17(16)21)22-19(23)18(14-7-8-14)13-5-3-2-4-6-13/h2-6,9-11,14,18,20H,7-8,21H2,1H3,(H,22,23). The second-order valence-corrected chi connectivity index (χ2v) is 6.14. The van der Waals surface area contributed by atoms with Gasteiger partial charge in [-0.1, -0.05) is 30.3 Å². The van der Waals surface area contributed by atoms with Gasteiger partial charge < -0.3 is 16.5 Å². The number of amides is 1. The van der Waals surface area contributed by atoms with E-state index in [1.54, 1.807) is 25.1 Å². The minimum absolute atomic E-state index is 0.0112. The van der Waals surface area contributed by atoms with Crippen molar-refractivity contribution in [2.24, 2.45) is 5.92 Å². The summed E-state index contributed by atoms with van der Waals surface area (Å²) in [5, 5.41) is 10.8. The molecule has 0 bridgehead atoms. The van der Waals surface area contributed by atoms with E-state index in [-0.39, 0.29) is 11.8 Å². The Morgan fingerprint density at radius 1 is 1.22 bits per heavy atom. The van der Waals surface area contributed by atoms with Gasteiger partial charge in [0.05, 0.1) is 5.92 Å². The monoisotopic (exact) mass is 307 g/mol. The second kappa shape index (κ2) is 6.24. The molecular weight excluding hydrogens is 286 g/mol. The Hall–Kier alpha value is -2.62. The van der Waals surface area contributed by atoms with Gasteiger partial charge in [0.1, 0.15) is 0 Å². The fourth-order valence-electron chi connectivity index (χ4n) is 2.91. The minimum Gasteiger partial charge on any atom is -0.398 e. The van der Waals surface area contributed by atoms with Crippen molar-refractivity contribution in [1.29, 1.82) is 5.41 Å². The van der Waals surface area contributed by atoms with Crippen LogP contribution in [0.4, 0.5) is 11.4 Å². The van der Waals surface area contributed by atoms with E-state index in [4.69, 9.17) is 11.1 Å². The summed E-state index contributed by atoms with van der Waals surface area (Å²) in [5.41, 5.74) is 9.23. The van der Waals surface area contributed by atoms with E-state index in [1.165, 1.54) is 0 Å². The number of anilines is 2. The van der Waals surface area contributed by atoms with E-state index >= 15 is 0 Å². The van der Waals surface area contributed by atoms with Crippen LogP contribution in [-0.4, -0.2) is 11.6 Å². The van der Waals surface area contributed by atoms with E-state index < -0.39 is 0 Å². The molecule has 4 heteroatoms. The summed E-state index contributed by atoms with van der Waals surface area (Å²) in [4.78, 5) is 12.8. The van der Waals surface area contributed by atoms with Gasteiger partial charge in [0, 0.05) is 22.6 Å². The molecule has 0 heterocycles. The zero-order chi connectivity index (χ0) is 16.4. The van der Waals surface area contributed by atoms with Crippen LogP contribution < -0.4 is 11.1 Å². The summed E-state index contributed by atoms with van der Waals surface area (Å²) >= 11 is 0. The van der Waals surface area contributed by atoms with Crippen molar-refractivity contribution in [1.82, 2.24) is 0 Å². The van der Waals surface area contributed by atoms with E-state index in [1.807, 2.05) is 30.3 Å². The summed E-state index contributed by atoms with van der Waals surface area (Å²) < 4.78 is 0. The van der Waals surface area contributed by atoms with Crippen molar-refractivity contribution in [3.05, 3.63) is 59.7 Å². The molecule has 23 heavy (non-hydrogen) atoms. The van der Waals surface area contributed by atoms with Crippen LogP contribution in [0.25, 0.3) is 0 Å². The first kappa shape index (κ1) is 15.3. The molecular formula is C19H21N3O. The number of carbonyl (C=O) groups excluding carboxylic acids is 1. The number of nitrogens with two attached hydrogens (primary N) is 1. The molecule has 0 radical (unpaired) electrons. The molecule has 2 aromatic carbocycles. The van der Waals surface area contributed by atoms with Crippen LogP contribution >= 0.6 is 0 Å². The van der Waals surface area contributed by atoms with Crippen LogP contribution in [0, 0.1) is 11.3 Å². The van der Waals surface area contributed by atoms with Gasteiger partial charge in [-0.3, -0.25) is 4.79 Å². The van der Waals surface area contributed by atoms with Gasteiger partial charge in [0.15, 0.2) is 0 Å². The lowest BCUT2D eigenvalue weighted by Crippen LogP contribution is -2.23. The largest absolute Gasteiger partial charge is 0.398 e. The highest BCUT2D eigenvalue weighted by molar-refractivity contribution is 6.03. The molecule has 4 nitrogen and oxygen atoms in total. The predicted molar refractivity (Wildman–Crippen MR) is 93.9 cm³/mol. The van der Waals surface area contributed by atoms with Crippen molar-refractivity contribution in [2.45, 2.75) is 25.7 Å². The number of carbonyl (C=O) groups is 1. The van der Waals surface area contributed by atoms with Crippen molar-refractivity contribution < 1.29 is 4.79 Å². The van der Waals surface area contributed by atoms with Crippen LogP contribution in [0.2, 0.25) is 0 Å². The van der Waals surface area contributed by atoms with Crippen LogP contribution in [0.15, 0.2) is 48.5 Å². The van der Waals surface area contributed by atoms with E-state index in [2.05, 4.69) is 5.32 Å². The summed E-state index contributed by atoms with van der Waals surface area (Å²) in [5.74, 6) is 0.325. The maximum Gasteiger partial charge on any atom is 0.232 e. The molecule has 1 aliphatic rings. The van der Waals surface area contributed by atoms with Crippen molar-refractivity contribution in [2.75, 3.05) is 11.1 Å². The van der Waals surface area contributed by atoms with Crippen LogP contribution in [-0.2, 0) is 4.79 Å². The Bertz CT molecular complexity index is 736. The predicted octanol–water partition coefficient (Wildman–Crippen LogP) is 3.79. The Labute approximate surface area is 136 Å². The lowest BCUT2D eigenvalue weighted by atomic mass is 9.93. The Morgan fingerprint density at radius 3 is 2.52 bits per heavy atom. The van der Waals surface area contributed by atoms with Crippen LogP contribution in [0.3, 0.4) is 0 Å². The molecule has 1 fully saturated rings. The third-order valence-corrected chi connectivity index (χ3v) is 4.26. The van der Waals surface area contributed by atoms with Crippen LogP contribution in [0.1, 0.15) is 36.8 Å². The third kappa shape index (κ3) is 3.42. The fraction of sp³-hybridized carbons (Fsp3) is 0.263. The van der Waals surface area contributed by atoms with Crippen molar-refractivity contribution >= 4 is 23.0 Å². The zero-order valence-electron chi connectivity index (χ0n) is 13.2. The number of hydrogen-bond donors (Lipinski definition) is 3. The molecule has 0 saturated heterocycles. The number of benzene rings is 2. The van der Waals surface area contributed by atoms with Crippen LogP contribution in [0.5, 0.6) is 0 Å². The highest BCUT2D eigenvalue weighted by Gasteiger charge is 2.37. The zero-order valence-corrected chi connectivity index (χ0v) is 13.2. The Balaban J connectivity index is 1.83. The number of nitrogens with one attached hydrogen (secondary N) is 2. The molecule has 1 unspecified atom stereocenters. The first-order valence-electron chi connectivity index (χ1n) is 7.87. The molecule has 2 aromatic rings. The van der Waals surface area contributed by atoms with E-state index in [9.17, 15) is 4.79 Å². The smallest absolute Gasteiger partial charge is 0.232 e. The normalized spacial score (nSPS) is 15.0. The van der Waals surface area contributed by atoms with E-state index in [0.717, 1.165) is 18.4 Å². The Kier molecular flexibility index (Phi) is 4.15. The summed E-state index contributed by atoms with van der Waals surface area (Å²) in [6.07, 6.45) is 2.19.